The summed E-state index contributed by atoms with van der Waals surface area (Å²) >= 11 is 12.1. The van der Waals surface area contributed by atoms with Crippen LogP contribution in [0.25, 0.3) is 0 Å². The first-order valence-corrected chi connectivity index (χ1v) is 9.71. The zero-order valence-corrected chi connectivity index (χ0v) is 17.5. The van der Waals surface area contributed by atoms with E-state index in [1.54, 1.807) is 43.3 Å². The number of nitrogens with zero attached hydrogens (tertiary/aromatic N) is 1. The van der Waals surface area contributed by atoms with Crippen molar-refractivity contribution in [2.75, 3.05) is 0 Å². The molecule has 0 aliphatic carbocycles. The number of carbonyl (C=O) groups excluding carboxylic acids is 2. The highest BCUT2D eigenvalue weighted by molar-refractivity contribution is 6.35. The van der Waals surface area contributed by atoms with Crippen molar-refractivity contribution in [3.8, 4) is 0 Å². The largest absolute Gasteiger partial charge is 0.352 e. The third kappa shape index (κ3) is 5.94. The Morgan fingerprint density at radius 2 is 1.75 bits per heavy atom. The number of benzene rings is 2. The van der Waals surface area contributed by atoms with Gasteiger partial charge in [-0.25, -0.2) is 4.39 Å². The minimum absolute atomic E-state index is 0.0241. The molecule has 1 N–H and O–H groups in total. The molecule has 1 atom stereocenters. The highest BCUT2D eigenvalue weighted by Crippen LogP contribution is 2.23. The first kappa shape index (κ1) is 22.2. The third-order valence-electron chi connectivity index (χ3n) is 4.25. The van der Waals surface area contributed by atoms with Crippen molar-refractivity contribution in [2.45, 2.75) is 45.8 Å². The summed E-state index contributed by atoms with van der Waals surface area (Å²) in [6.45, 7) is 5.27. The number of hydrogen-bond acceptors (Lipinski definition) is 2. The fourth-order valence-electron chi connectivity index (χ4n) is 2.73. The average molecular weight is 425 g/mol. The van der Waals surface area contributed by atoms with Gasteiger partial charge in [-0.15, -0.1) is 0 Å². The minimum Gasteiger partial charge on any atom is -0.352 e. The molecule has 0 saturated heterocycles. The van der Waals surface area contributed by atoms with E-state index in [9.17, 15) is 14.0 Å². The number of amides is 2. The van der Waals surface area contributed by atoms with Gasteiger partial charge in [0.05, 0.1) is 6.42 Å². The average Bonchev–Trinajstić information content (AvgIpc) is 2.62. The number of carbonyl (C=O) groups is 2. The van der Waals surface area contributed by atoms with Crippen molar-refractivity contribution in [1.82, 2.24) is 10.2 Å². The Bertz CT molecular complexity index is 858. The van der Waals surface area contributed by atoms with E-state index in [1.165, 1.54) is 11.0 Å². The molecular formula is C21H23Cl2FN2O2. The van der Waals surface area contributed by atoms with Gasteiger partial charge in [0.15, 0.2) is 0 Å². The minimum atomic E-state index is -0.777. The molecule has 2 aromatic rings. The van der Waals surface area contributed by atoms with Gasteiger partial charge in [-0.2, -0.15) is 0 Å². The maximum Gasteiger partial charge on any atom is 0.242 e. The van der Waals surface area contributed by atoms with E-state index < -0.39 is 11.9 Å². The number of rotatable bonds is 7. The molecule has 7 heteroatoms. The molecule has 0 heterocycles. The van der Waals surface area contributed by atoms with E-state index in [-0.39, 0.29) is 30.8 Å². The summed E-state index contributed by atoms with van der Waals surface area (Å²) in [7, 11) is 0. The lowest BCUT2D eigenvalue weighted by atomic mass is 10.1. The van der Waals surface area contributed by atoms with Crippen molar-refractivity contribution in [3.05, 3.63) is 69.5 Å². The lowest BCUT2D eigenvalue weighted by Crippen LogP contribution is -2.49. The third-order valence-corrected chi connectivity index (χ3v) is 4.84. The number of halogens is 3. The zero-order valence-electron chi connectivity index (χ0n) is 16.0. The lowest BCUT2D eigenvalue weighted by molar-refractivity contribution is -0.140. The summed E-state index contributed by atoms with van der Waals surface area (Å²) in [5.74, 6) is -1.07. The Hall–Kier alpha value is -2.11. The molecule has 2 amide bonds. The van der Waals surface area contributed by atoms with Gasteiger partial charge in [0.1, 0.15) is 11.9 Å². The molecular weight excluding hydrogens is 402 g/mol. The molecule has 0 radical (unpaired) electrons. The van der Waals surface area contributed by atoms with Gasteiger partial charge in [-0.1, -0.05) is 47.5 Å². The van der Waals surface area contributed by atoms with Crippen LogP contribution in [0.5, 0.6) is 0 Å². The predicted octanol–water partition coefficient (Wildman–Crippen LogP) is 4.62. The van der Waals surface area contributed by atoms with E-state index in [0.717, 1.165) is 0 Å². The summed E-state index contributed by atoms with van der Waals surface area (Å²) in [4.78, 5) is 26.9. The second-order valence-electron chi connectivity index (χ2n) is 6.86. The molecule has 0 aromatic heterocycles. The van der Waals surface area contributed by atoms with Crippen molar-refractivity contribution >= 4 is 35.0 Å². The Morgan fingerprint density at radius 1 is 1.07 bits per heavy atom. The van der Waals surface area contributed by atoms with Crippen molar-refractivity contribution in [1.29, 1.82) is 0 Å². The van der Waals surface area contributed by atoms with Crippen LogP contribution in [0.3, 0.4) is 0 Å². The summed E-state index contributed by atoms with van der Waals surface area (Å²) in [6, 6.07) is 10.2. The van der Waals surface area contributed by atoms with Gasteiger partial charge in [0.25, 0.3) is 0 Å². The molecule has 0 fully saturated rings. The smallest absolute Gasteiger partial charge is 0.242 e. The molecule has 0 unspecified atom stereocenters. The van der Waals surface area contributed by atoms with Crippen molar-refractivity contribution in [3.63, 3.8) is 0 Å². The lowest BCUT2D eigenvalue weighted by Gasteiger charge is -2.29. The van der Waals surface area contributed by atoms with E-state index in [0.29, 0.717) is 21.2 Å². The molecule has 150 valence electrons. The van der Waals surface area contributed by atoms with E-state index in [4.69, 9.17) is 23.2 Å². The molecule has 2 rings (SSSR count). The summed E-state index contributed by atoms with van der Waals surface area (Å²) in [6.07, 6.45) is -0.0241. The first-order valence-electron chi connectivity index (χ1n) is 8.96. The van der Waals surface area contributed by atoms with Crippen LogP contribution < -0.4 is 5.32 Å². The standard InChI is InChI=1S/C21H23Cl2FN2O2/c1-13(2)25-21(28)14(3)26(12-16-6-4-5-7-19(16)24)20(27)10-15-8-9-17(22)11-18(15)23/h4-9,11,13-14H,10,12H2,1-3H3,(H,25,28)/t14-/m1/s1. The molecule has 0 bridgehead atoms. The number of hydrogen-bond donors (Lipinski definition) is 1. The zero-order chi connectivity index (χ0) is 20.8. The summed E-state index contributed by atoms with van der Waals surface area (Å²) < 4.78 is 14.1. The van der Waals surface area contributed by atoms with E-state index in [2.05, 4.69) is 5.32 Å². The maximum absolute atomic E-state index is 14.1. The molecule has 2 aromatic carbocycles. The van der Waals surface area contributed by atoms with Gasteiger partial charge in [-0.05, 0) is 44.5 Å². The summed E-state index contributed by atoms with van der Waals surface area (Å²) in [5, 5.41) is 3.62. The molecule has 0 aliphatic heterocycles. The maximum atomic E-state index is 14.1. The van der Waals surface area contributed by atoms with Crippen molar-refractivity contribution in [2.24, 2.45) is 0 Å². The van der Waals surface area contributed by atoms with Crippen LogP contribution in [-0.2, 0) is 22.6 Å². The normalized spacial score (nSPS) is 12.0. The highest BCUT2D eigenvalue weighted by atomic mass is 35.5. The van der Waals surface area contributed by atoms with Crippen LogP contribution in [0.2, 0.25) is 10.0 Å². The SMILES string of the molecule is CC(C)NC(=O)[C@@H](C)N(Cc1ccccc1F)C(=O)Cc1ccc(Cl)cc1Cl. The molecule has 0 spiro atoms. The van der Waals surface area contributed by atoms with Gasteiger partial charge in [0, 0.05) is 28.2 Å². The van der Waals surface area contributed by atoms with Gasteiger partial charge >= 0.3 is 0 Å². The summed E-state index contributed by atoms with van der Waals surface area (Å²) in [5.41, 5.74) is 0.924. The van der Waals surface area contributed by atoms with Crippen LogP contribution in [-0.4, -0.2) is 28.8 Å². The van der Waals surface area contributed by atoms with Crippen LogP contribution in [0.15, 0.2) is 42.5 Å². The van der Waals surface area contributed by atoms with Crippen LogP contribution in [0, 0.1) is 5.82 Å². The van der Waals surface area contributed by atoms with Gasteiger partial charge in [0.2, 0.25) is 11.8 Å². The topological polar surface area (TPSA) is 49.4 Å². The van der Waals surface area contributed by atoms with Gasteiger partial charge in [-0.3, -0.25) is 9.59 Å². The Balaban J connectivity index is 2.29. The predicted molar refractivity (Wildman–Crippen MR) is 110 cm³/mol. The fourth-order valence-corrected chi connectivity index (χ4v) is 3.20. The molecule has 0 saturated carbocycles. The first-order chi connectivity index (χ1) is 13.2. The monoisotopic (exact) mass is 424 g/mol. The van der Waals surface area contributed by atoms with Crippen LogP contribution in [0.4, 0.5) is 4.39 Å². The molecule has 4 nitrogen and oxygen atoms in total. The Morgan fingerprint density at radius 3 is 2.36 bits per heavy atom. The number of nitrogens with one attached hydrogen (secondary N) is 1. The second kappa shape index (κ2) is 9.89. The highest BCUT2D eigenvalue weighted by Gasteiger charge is 2.27. The van der Waals surface area contributed by atoms with E-state index in [1.807, 2.05) is 13.8 Å². The Labute approximate surface area is 174 Å². The van der Waals surface area contributed by atoms with Crippen LogP contribution >= 0.6 is 23.2 Å². The van der Waals surface area contributed by atoms with Gasteiger partial charge < -0.3 is 10.2 Å². The van der Waals surface area contributed by atoms with E-state index >= 15 is 0 Å². The van der Waals surface area contributed by atoms with Crippen LogP contribution in [0.1, 0.15) is 31.9 Å². The second-order valence-corrected chi connectivity index (χ2v) is 7.71. The Kier molecular flexibility index (Phi) is 7.84. The van der Waals surface area contributed by atoms with Crippen molar-refractivity contribution < 1.29 is 14.0 Å². The molecule has 28 heavy (non-hydrogen) atoms. The molecule has 0 aliphatic rings. The fraction of sp³-hybridized carbons (Fsp3) is 0.333. The quantitative estimate of drug-likeness (QED) is 0.704.